The summed E-state index contributed by atoms with van der Waals surface area (Å²) >= 11 is 6.11. The predicted octanol–water partition coefficient (Wildman–Crippen LogP) is 3.05. The number of hydrogen-bond acceptors (Lipinski definition) is 3. The Morgan fingerprint density at radius 2 is 2.20 bits per heavy atom. The van der Waals surface area contributed by atoms with Crippen molar-refractivity contribution in [3.05, 3.63) is 34.3 Å². The molecule has 0 radical (unpaired) electrons. The van der Waals surface area contributed by atoms with Gasteiger partial charge in [0.25, 0.3) is 0 Å². The van der Waals surface area contributed by atoms with Gasteiger partial charge >= 0.3 is 5.97 Å². The van der Waals surface area contributed by atoms with E-state index < -0.39 is 0 Å². The molecule has 0 aromatic heterocycles. The molecule has 2 fully saturated rings. The minimum absolute atomic E-state index is 0.0840. The number of aryl methyl sites for hydroxylation is 1. The predicted molar refractivity (Wildman–Crippen MR) is 79.0 cm³/mol. The fourth-order valence-electron chi connectivity index (χ4n) is 3.76. The summed E-state index contributed by atoms with van der Waals surface area (Å²) in [5.41, 5.74) is 2.28. The second kappa shape index (κ2) is 5.38. The fraction of sp³-hybridized carbons (Fsp3) is 0.562. The summed E-state index contributed by atoms with van der Waals surface area (Å²) in [6.07, 6.45) is 3.21. The molecule has 1 aromatic carbocycles. The van der Waals surface area contributed by atoms with Gasteiger partial charge in [-0.25, -0.2) is 0 Å². The number of halogens is 1. The van der Waals surface area contributed by atoms with Crippen molar-refractivity contribution < 1.29 is 9.53 Å². The van der Waals surface area contributed by atoms with Crippen LogP contribution in [0.1, 0.15) is 36.3 Å². The zero-order valence-electron chi connectivity index (χ0n) is 11.9. The molecule has 2 aliphatic rings. The molecule has 4 atom stereocenters. The van der Waals surface area contributed by atoms with E-state index in [-0.39, 0.29) is 23.8 Å². The third-order valence-corrected chi connectivity index (χ3v) is 5.19. The average molecular weight is 294 g/mol. The topological polar surface area (TPSA) is 38.3 Å². The Kier molecular flexibility index (Phi) is 3.74. The maximum absolute atomic E-state index is 12.2. The Labute approximate surface area is 124 Å². The van der Waals surface area contributed by atoms with E-state index in [0.717, 1.165) is 29.8 Å². The monoisotopic (exact) mass is 293 g/mol. The molecule has 20 heavy (non-hydrogen) atoms. The molecule has 1 aromatic rings. The minimum Gasteiger partial charge on any atom is -0.469 e. The number of benzene rings is 1. The molecule has 2 heterocycles. The van der Waals surface area contributed by atoms with Crippen LogP contribution in [0.3, 0.4) is 0 Å². The lowest BCUT2D eigenvalue weighted by molar-refractivity contribution is -0.148. The number of carbonyl (C=O) groups is 1. The van der Waals surface area contributed by atoms with Crippen LogP contribution in [0.5, 0.6) is 0 Å². The van der Waals surface area contributed by atoms with Gasteiger partial charge in [0, 0.05) is 23.0 Å². The number of fused-ring (bicyclic) bond motifs is 2. The van der Waals surface area contributed by atoms with Crippen LogP contribution in [0.15, 0.2) is 18.2 Å². The highest BCUT2D eigenvalue weighted by Crippen LogP contribution is 2.42. The molecule has 1 unspecified atom stereocenters. The molecular formula is C16H20ClNO2. The normalized spacial score (nSPS) is 32.1. The average Bonchev–Trinajstić information content (AvgIpc) is 2.82. The van der Waals surface area contributed by atoms with Gasteiger partial charge in [0.1, 0.15) is 0 Å². The number of carbonyl (C=O) groups excluding carboxylic acids is 1. The highest BCUT2D eigenvalue weighted by molar-refractivity contribution is 6.31. The molecule has 1 N–H and O–H groups in total. The second-order valence-corrected chi connectivity index (χ2v) is 6.35. The van der Waals surface area contributed by atoms with E-state index in [1.807, 2.05) is 13.0 Å². The summed E-state index contributed by atoms with van der Waals surface area (Å²) in [7, 11) is 1.48. The first-order chi connectivity index (χ1) is 9.60. The van der Waals surface area contributed by atoms with Crippen LogP contribution in [0.25, 0.3) is 0 Å². The third-order valence-electron chi connectivity index (χ3n) is 4.76. The first-order valence-electron chi connectivity index (χ1n) is 7.20. The Morgan fingerprint density at radius 1 is 1.40 bits per heavy atom. The smallest absolute Gasteiger partial charge is 0.310 e. The van der Waals surface area contributed by atoms with E-state index in [1.54, 1.807) is 0 Å². The van der Waals surface area contributed by atoms with Gasteiger partial charge in [0.05, 0.1) is 13.0 Å². The van der Waals surface area contributed by atoms with Crippen LogP contribution in [-0.2, 0) is 9.53 Å². The molecule has 2 saturated heterocycles. The fourth-order valence-corrected chi connectivity index (χ4v) is 3.88. The van der Waals surface area contributed by atoms with Crippen LogP contribution in [0.4, 0.5) is 0 Å². The maximum atomic E-state index is 12.2. The number of esters is 1. The van der Waals surface area contributed by atoms with E-state index in [0.29, 0.717) is 6.04 Å². The van der Waals surface area contributed by atoms with Gasteiger partial charge in [-0.05, 0) is 43.4 Å². The minimum atomic E-state index is -0.0968. The first kappa shape index (κ1) is 13.9. The van der Waals surface area contributed by atoms with Crippen molar-refractivity contribution in [3.63, 3.8) is 0 Å². The van der Waals surface area contributed by atoms with Crippen molar-refractivity contribution in [3.8, 4) is 0 Å². The van der Waals surface area contributed by atoms with Gasteiger partial charge < -0.3 is 10.1 Å². The number of hydrogen-bond donors (Lipinski definition) is 1. The van der Waals surface area contributed by atoms with Crippen molar-refractivity contribution in [1.82, 2.24) is 5.32 Å². The van der Waals surface area contributed by atoms with E-state index in [4.69, 9.17) is 16.3 Å². The lowest BCUT2D eigenvalue weighted by Gasteiger charge is -2.36. The lowest BCUT2D eigenvalue weighted by Crippen LogP contribution is -2.48. The Balaban J connectivity index is 1.96. The molecule has 0 aliphatic carbocycles. The Morgan fingerprint density at radius 3 is 2.90 bits per heavy atom. The summed E-state index contributed by atoms with van der Waals surface area (Å²) < 4.78 is 5.04. The molecule has 0 saturated carbocycles. The highest BCUT2D eigenvalue weighted by Gasteiger charge is 2.46. The molecule has 3 nitrogen and oxygen atoms in total. The van der Waals surface area contributed by atoms with Gasteiger partial charge in [0.2, 0.25) is 0 Å². The SMILES string of the molecule is COC(=O)[C@@H]1C2CC[C@H](C[C@@H]1c1ccc(Cl)c(C)c1)N2. The van der Waals surface area contributed by atoms with Gasteiger partial charge in [-0.3, -0.25) is 4.79 Å². The summed E-state index contributed by atoms with van der Waals surface area (Å²) in [4.78, 5) is 12.2. The molecule has 2 bridgehead atoms. The van der Waals surface area contributed by atoms with E-state index in [1.165, 1.54) is 12.7 Å². The third kappa shape index (κ3) is 2.33. The van der Waals surface area contributed by atoms with Crippen LogP contribution >= 0.6 is 11.6 Å². The van der Waals surface area contributed by atoms with Crippen molar-refractivity contribution in [2.45, 2.75) is 44.2 Å². The zero-order chi connectivity index (χ0) is 14.3. The number of rotatable bonds is 2. The van der Waals surface area contributed by atoms with Gasteiger partial charge in [-0.15, -0.1) is 0 Å². The summed E-state index contributed by atoms with van der Waals surface area (Å²) in [6.45, 7) is 2.01. The van der Waals surface area contributed by atoms with E-state index in [2.05, 4.69) is 17.4 Å². The molecule has 108 valence electrons. The largest absolute Gasteiger partial charge is 0.469 e. The zero-order valence-corrected chi connectivity index (χ0v) is 12.6. The molecule has 0 amide bonds. The summed E-state index contributed by atoms with van der Waals surface area (Å²) in [5, 5.41) is 4.33. The quantitative estimate of drug-likeness (QED) is 0.852. The van der Waals surface area contributed by atoms with Gasteiger partial charge in [0.15, 0.2) is 0 Å². The summed E-state index contributed by atoms with van der Waals surface area (Å²) in [5.74, 6) is 0.0527. The molecule has 0 spiro atoms. The van der Waals surface area contributed by atoms with Crippen LogP contribution < -0.4 is 5.32 Å². The van der Waals surface area contributed by atoms with Crippen molar-refractivity contribution in [2.24, 2.45) is 5.92 Å². The molecule has 2 aliphatic heterocycles. The maximum Gasteiger partial charge on any atom is 0.310 e. The number of piperidine rings is 1. The Hall–Kier alpha value is -1.06. The van der Waals surface area contributed by atoms with Crippen molar-refractivity contribution in [1.29, 1.82) is 0 Å². The lowest BCUT2D eigenvalue weighted by atomic mass is 9.76. The molecule has 4 heteroatoms. The first-order valence-corrected chi connectivity index (χ1v) is 7.58. The van der Waals surface area contributed by atoms with Crippen molar-refractivity contribution in [2.75, 3.05) is 7.11 Å². The van der Waals surface area contributed by atoms with Crippen LogP contribution in [0, 0.1) is 12.8 Å². The second-order valence-electron chi connectivity index (χ2n) is 5.95. The van der Waals surface area contributed by atoms with Gasteiger partial charge in [-0.1, -0.05) is 23.7 Å². The number of ether oxygens (including phenoxy) is 1. The molecule has 3 rings (SSSR count). The number of methoxy groups -OCH3 is 1. The highest BCUT2D eigenvalue weighted by atomic mass is 35.5. The van der Waals surface area contributed by atoms with Crippen LogP contribution in [-0.4, -0.2) is 25.2 Å². The Bertz CT molecular complexity index is 531. The number of nitrogens with one attached hydrogen (secondary N) is 1. The van der Waals surface area contributed by atoms with Crippen LogP contribution in [0.2, 0.25) is 5.02 Å². The standard InChI is InChI=1S/C16H20ClNO2/c1-9-7-10(3-5-13(9)17)12-8-11-4-6-14(18-11)15(12)16(19)20-2/h3,5,7,11-12,14-15,18H,4,6,8H2,1-2H3/t11-,12-,14?,15+/m1/s1. The van der Waals surface area contributed by atoms with E-state index >= 15 is 0 Å². The molecular weight excluding hydrogens is 274 g/mol. The summed E-state index contributed by atoms with van der Waals surface area (Å²) in [6, 6.07) is 6.89. The van der Waals surface area contributed by atoms with Gasteiger partial charge in [-0.2, -0.15) is 0 Å². The van der Waals surface area contributed by atoms with E-state index in [9.17, 15) is 4.79 Å². The van der Waals surface area contributed by atoms with Crippen molar-refractivity contribution >= 4 is 17.6 Å².